The van der Waals surface area contributed by atoms with E-state index in [4.69, 9.17) is 0 Å². The van der Waals surface area contributed by atoms with Crippen LogP contribution in [-0.2, 0) is 20.1 Å². The molecule has 1 heterocycles. The maximum atomic E-state index is 11.2. The summed E-state index contributed by atoms with van der Waals surface area (Å²) in [7, 11) is 0. The van der Waals surface area contributed by atoms with Gasteiger partial charge in [0.2, 0.25) is 0 Å². The van der Waals surface area contributed by atoms with E-state index in [1.54, 1.807) is 11.3 Å². The third-order valence-electron chi connectivity index (χ3n) is 10.1. The summed E-state index contributed by atoms with van der Waals surface area (Å²) in [5, 5.41) is 23.2. The summed E-state index contributed by atoms with van der Waals surface area (Å²) in [6.45, 7) is 0. The number of aliphatic hydroxyl groups is 2. The molecule has 38 heavy (non-hydrogen) atoms. The van der Waals surface area contributed by atoms with Gasteiger partial charge in [-0.2, -0.15) is 11.3 Å². The summed E-state index contributed by atoms with van der Waals surface area (Å²) in [5.74, 6) is 3.26. The molecule has 6 atom stereocenters. The quantitative estimate of drug-likeness (QED) is 0.272. The zero-order chi connectivity index (χ0) is 25.2. The van der Waals surface area contributed by atoms with Crippen molar-refractivity contribution < 1.29 is 30.3 Å². The van der Waals surface area contributed by atoms with Crippen molar-refractivity contribution in [2.24, 2.45) is 35.5 Å². The number of nitrogens with zero attached hydrogens (tertiary/aromatic N) is 1. The van der Waals surface area contributed by atoms with Crippen molar-refractivity contribution in [2.45, 2.75) is 89.3 Å². The normalized spacial score (nSPS) is 31.8. The minimum atomic E-state index is -0.225. The van der Waals surface area contributed by atoms with Crippen LogP contribution in [0.5, 0.6) is 0 Å². The predicted octanol–water partition coefficient (Wildman–Crippen LogP) is 7.90. The monoisotopic (exact) mass is 709 g/mol. The summed E-state index contributed by atoms with van der Waals surface area (Å²) in [4.78, 5) is 4.57. The second-order valence-corrected chi connectivity index (χ2v) is 13.2. The largest absolute Gasteiger partial charge is 0.392 e. The van der Waals surface area contributed by atoms with Crippen LogP contribution in [0.25, 0.3) is 20.8 Å². The van der Waals surface area contributed by atoms with E-state index < -0.39 is 0 Å². The van der Waals surface area contributed by atoms with Gasteiger partial charge in [0.25, 0.3) is 0 Å². The molecule has 0 amide bonds. The van der Waals surface area contributed by atoms with E-state index in [2.05, 4.69) is 17.1 Å². The predicted molar refractivity (Wildman–Crippen MR) is 152 cm³/mol. The molecular formula is C33H42IrNO2S-. The Labute approximate surface area is 245 Å². The van der Waals surface area contributed by atoms with E-state index in [0.717, 1.165) is 27.9 Å². The van der Waals surface area contributed by atoms with Crippen LogP contribution in [0.15, 0.2) is 48.5 Å². The molecule has 0 saturated heterocycles. The molecule has 2 aromatic carbocycles. The average molecular weight is 709 g/mol. The molecule has 2 N–H and O–H groups in total. The van der Waals surface area contributed by atoms with E-state index in [9.17, 15) is 10.2 Å². The Hall–Kier alpha value is -1.10. The van der Waals surface area contributed by atoms with E-state index >= 15 is 0 Å². The number of rotatable bonds is 3. The second kappa shape index (κ2) is 13.0. The molecule has 0 spiro atoms. The number of fused-ring (bicyclic) bond motifs is 2. The smallest absolute Gasteiger partial charge is 0.0697 e. The maximum absolute atomic E-state index is 11.2. The molecule has 3 aromatic rings. The molecule has 4 aliphatic rings. The van der Waals surface area contributed by atoms with Crippen molar-refractivity contribution in [1.29, 1.82) is 0 Å². The number of thiazole rings is 1. The molecule has 1 radical (unpaired) electrons. The van der Waals surface area contributed by atoms with Crippen LogP contribution in [-0.4, -0.2) is 27.4 Å². The van der Waals surface area contributed by atoms with Gasteiger partial charge in [-0.3, -0.25) is 4.98 Å². The van der Waals surface area contributed by atoms with Gasteiger partial charge >= 0.3 is 0 Å². The number of hydrogen-bond donors (Lipinski definition) is 2. The van der Waals surface area contributed by atoms with Gasteiger partial charge < -0.3 is 10.2 Å². The van der Waals surface area contributed by atoms with Crippen LogP contribution in [0.1, 0.15) is 77.0 Å². The van der Waals surface area contributed by atoms with E-state index in [0.29, 0.717) is 17.8 Å². The zero-order valence-corrected chi connectivity index (χ0v) is 25.5. The number of aromatic nitrogens is 1. The Morgan fingerprint density at radius 2 is 1.34 bits per heavy atom. The van der Waals surface area contributed by atoms with E-state index in [1.807, 2.05) is 42.5 Å². The number of para-hydroxylation sites is 1. The Bertz CT molecular complexity index is 1110. The summed E-state index contributed by atoms with van der Waals surface area (Å²) in [6.07, 6.45) is 15.2. The van der Waals surface area contributed by atoms with Crippen molar-refractivity contribution in [3.8, 4) is 10.6 Å². The first-order valence-corrected chi connectivity index (χ1v) is 15.7. The van der Waals surface area contributed by atoms with Crippen molar-refractivity contribution in [3.05, 3.63) is 54.6 Å². The minimum absolute atomic E-state index is 0. The van der Waals surface area contributed by atoms with Crippen molar-refractivity contribution in [1.82, 2.24) is 4.98 Å². The van der Waals surface area contributed by atoms with Crippen LogP contribution in [0, 0.1) is 41.6 Å². The summed E-state index contributed by atoms with van der Waals surface area (Å²) in [6, 6.07) is 19.3. The first-order chi connectivity index (χ1) is 18.2. The molecule has 0 bridgehead atoms. The summed E-state index contributed by atoms with van der Waals surface area (Å²) < 4.78 is 1.23. The van der Waals surface area contributed by atoms with Crippen molar-refractivity contribution in [3.63, 3.8) is 0 Å². The third-order valence-corrected chi connectivity index (χ3v) is 11.2. The van der Waals surface area contributed by atoms with Crippen molar-refractivity contribution >= 4 is 21.6 Å². The topological polar surface area (TPSA) is 53.4 Å². The first kappa shape index (κ1) is 28.4. The third kappa shape index (κ3) is 5.98. The van der Waals surface area contributed by atoms with Gasteiger partial charge in [-0.15, -0.1) is 35.9 Å². The average Bonchev–Trinajstić information content (AvgIpc) is 3.73. The minimum Gasteiger partial charge on any atom is -0.392 e. The van der Waals surface area contributed by atoms with Gasteiger partial charge in [-0.25, -0.2) is 0 Å². The molecule has 4 saturated carbocycles. The molecule has 207 valence electrons. The number of aliphatic hydroxyl groups excluding tert-OH is 2. The standard InChI is InChI=1S/C20H34O2.C13H8NS.Ir/c21-19-16(13-6-1-2-7-13)11-5-10-15-12-17(20(22)18(15)19)14-8-3-4-9-14;1-2-6-10(7-3-1)13-14-11-8-4-5-9-12(11)15-13;/h13-22H,1-12H2;1-6,8-9H;/q;-1;/t15?,16-,17-,18?,19?,20?;;/m1../s1. The zero-order valence-electron chi connectivity index (χ0n) is 22.3. The van der Waals surface area contributed by atoms with Crippen LogP contribution >= 0.6 is 11.3 Å². The molecule has 1 aromatic heterocycles. The maximum Gasteiger partial charge on any atom is 0.0697 e. The molecule has 0 aliphatic heterocycles. The number of hydrogen-bond acceptors (Lipinski definition) is 4. The van der Waals surface area contributed by atoms with Gasteiger partial charge in [-0.05, 0) is 61.0 Å². The number of benzene rings is 2. The Morgan fingerprint density at radius 1 is 0.711 bits per heavy atom. The van der Waals surface area contributed by atoms with E-state index in [-0.39, 0.29) is 38.2 Å². The fourth-order valence-electron chi connectivity index (χ4n) is 8.34. The molecule has 3 nitrogen and oxygen atoms in total. The van der Waals surface area contributed by atoms with Crippen LogP contribution < -0.4 is 0 Å². The Kier molecular flexibility index (Phi) is 9.76. The summed E-state index contributed by atoms with van der Waals surface area (Å²) in [5.41, 5.74) is 2.13. The molecule has 5 heteroatoms. The summed E-state index contributed by atoms with van der Waals surface area (Å²) >= 11 is 1.71. The van der Waals surface area contributed by atoms with Crippen LogP contribution in [0.4, 0.5) is 0 Å². The Morgan fingerprint density at radius 3 is 2.03 bits per heavy atom. The van der Waals surface area contributed by atoms with Gasteiger partial charge in [0.15, 0.2) is 0 Å². The van der Waals surface area contributed by atoms with E-state index in [1.165, 1.54) is 81.7 Å². The molecule has 4 unspecified atom stereocenters. The van der Waals surface area contributed by atoms with Crippen LogP contribution in [0.2, 0.25) is 0 Å². The molecular weight excluding hydrogens is 667 g/mol. The van der Waals surface area contributed by atoms with Crippen molar-refractivity contribution in [2.75, 3.05) is 0 Å². The molecule has 7 rings (SSSR count). The van der Waals surface area contributed by atoms with Crippen LogP contribution in [0.3, 0.4) is 0 Å². The molecule has 4 aliphatic carbocycles. The second-order valence-electron chi connectivity index (χ2n) is 12.2. The van der Waals surface area contributed by atoms with Gasteiger partial charge in [0, 0.05) is 35.7 Å². The van der Waals surface area contributed by atoms with Gasteiger partial charge in [0.05, 0.1) is 17.7 Å². The first-order valence-electron chi connectivity index (χ1n) is 14.9. The van der Waals surface area contributed by atoms with Gasteiger partial charge in [-0.1, -0.05) is 69.9 Å². The SMILES string of the molecule is OC1C2C(CCC[C@@H]1C1CCCC1)C[C@H](C1CCCC1)C2O.[Ir].[c-]1ccccc1-c1nc2ccccc2s1. The molecule has 4 fully saturated rings. The Balaban J connectivity index is 0.000000161. The fraction of sp³-hybridized carbons (Fsp3) is 0.606. The van der Waals surface area contributed by atoms with Gasteiger partial charge in [0.1, 0.15) is 0 Å². The fourth-order valence-corrected chi connectivity index (χ4v) is 9.30.